The number of benzene rings is 1. The molecule has 1 fully saturated rings. The van der Waals surface area contributed by atoms with E-state index < -0.39 is 0 Å². The van der Waals surface area contributed by atoms with E-state index in [4.69, 9.17) is 0 Å². The van der Waals surface area contributed by atoms with Gasteiger partial charge in [-0.3, -0.25) is 0 Å². The molecule has 1 aromatic carbocycles. The van der Waals surface area contributed by atoms with Gasteiger partial charge in [-0.2, -0.15) is 0 Å². The zero-order valence-corrected chi connectivity index (χ0v) is 7.56. The summed E-state index contributed by atoms with van der Waals surface area (Å²) < 4.78 is 0. The van der Waals surface area contributed by atoms with Crippen LogP contribution < -0.4 is 5.32 Å². The number of nitrogens with zero attached hydrogens (tertiary/aromatic N) is 1. The van der Waals surface area contributed by atoms with Crippen LogP contribution in [0.1, 0.15) is 17.9 Å². The highest BCUT2D eigenvalue weighted by Crippen LogP contribution is 2.25. The average molecular weight is 176 g/mol. The predicted octanol–water partition coefficient (Wildman–Crippen LogP) is 1.14. The lowest BCUT2D eigenvalue weighted by molar-refractivity contribution is 0.117. The van der Waals surface area contributed by atoms with Crippen molar-refractivity contribution in [3.8, 4) is 0 Å². The van der Waals surface area contributed by atoms with Gasteiger partial charge < -0.3 is 5.11 Å². The maximum Gasteiger partial charge on any atom is 0.0750 e. The Balaban J connectivity index is 2.15. The lowest BCUT2D eigenvalue weighted by atomic mass is 9.88. The van der Waals surface area contributed by atoms with Crippen LogP contribution in [0.25, 0.3) is 0 Å². The zero-order valence-electron chi connectivity index (χ0n) is 7.56. The van der Waals surface area contributed by atoms with Crippen LogP contribution >= 0.6 is 0 Å². The van der Waals surface area contributed by atoms with Crippen molar-refractivity contribution in [1.82, 2.24) is 5.32 Å². The summed E-state index contributed by atoms with van der Waals surface area (Å²) in [7, 11) is 0. The Morgan fingerprint density at radius 2 is 2.00 bits per heavy atom. The first kappa shape index (κ1) is 8.73. The molecule has 2 atom stereocenters. The molecule has 2 heteroatoms. The largest absolute Gasteiger partial charge is 0.391 e. The molecular weight excluding hydrogens is 162 g/mol. The first-order valence-electron chi connectivity index (χ1n) is 4.74. The van der Waals surface area contributed by atoms with Crippen molar-refractivity contribution in [2.45, 2.75) is 18.4 Å². The van der Waals surface area contributed by atoms with Gasteiger partial charge in [0.25, 0.3) is 0 Å². The van der Waals surface area contributed by atoms with E-state index in [9.17, 15) is 5.11 Å². The third kappa shape index (κ3) is 1.90. The second-order valence-electron chi connectivity index (χ2n) is 3.50. The van der Waals surface area contributed by atoms with Crippen molar-refractivity contribution in [1.29, 1.82) is 0 Å². The molecule has 1 radical (unpaired) electrons. The highest BCUT2D eigenvalue weighted by molar-refractivity contribution is 5.21. The molecule has 0 saturated carbocycles. The summed E-state index contributed by atoms with van der Waals surface area (Å²) in [4.78, 5) is 0. The Kier molecular flexibility index (Phi) is 2.62. The smallest absolute Gasteiger partial charge is 0.0750 e. The molecule has 2 rings (SSSR count). The van der Waals surface area contributed by atoms with Crippen LogP contribution in [0, 0.1) is 0 Å². The van der Waals surface area contributed by atoms with Gasteiger partial charge in [-0.25, -0.2) is 5.32 Å². The number of aliphatic hydroxyl groups excluding tert-OH is 1. The molecule has 69 valence electrons. The number of aliphatic hydroxyl groups is 1. The molecule has 0 unspecified atom stereocenters. The second-order valence-corrected chi connectivity index (χ2v) is 3.50. The number of hydrogen-bond acceptors (Lipinski definition) is 1. The van der Waals surface area contributed by atoms with Crippen molar-refractivity contribution in [2.75, 3.05) is 13.1 Å². The molecular formula is C11H14NO. The van der Waals surface area contributed by atoms with E-state index in [0.29, 0.717) is 12.5 Å². The Labute approximate surface area is 78.6 Å². The van der Waals surface area contributed by atoms with Crippen molar-refractivity contribution in [3.63, 3.8) is 0 Å². The van der Waals surface area contributed by atoms with E-state index in [1.54, 1.807) is 0 Å². The molecule has 1 aromatic rings. The van der Waals surface area contributed by atoms with E-state index in [-0.39, 0.29) is 6.10 Å². The van der Waals surface area contributed by atoms with E-state index in [1.807, 2.05) is 18.2 Å². The van der Waals surface area contributed by atoms with Crippen LogP contribution in [0.2, 0.25) is 0 Å². The normalized spacial score (nSPS) is 28.7. The number of hydrogen-bond donors (Lipinski definition) is 1. The van der Waals surface area contributed by atoms with Crippen LogP contribution in [0.5, 0.6) is 0 Å². The van der Waals surface area contributed by atoms with Gasteiger partial charge in [0.05, 0.1) is 6.10 Å². The van der Waals surface area contributed by atoms with Crippen LogP contribution in [-0.4, -0.2) is 24.3 Å². The summed E-state index contributed by atoms with van der Waals surface area (Å²) in [5.74, 6) is 0.290. The minimum atomic E-state index is -0.281. The zero-order chi connectivity index (χ0) is 9.10. The van der Waals surface area contributed by atoms with Crippen molar-refractivity contribution >= 4 is 0 Å². The molecule has 0 bridgehead atoms. The van der Waals surface area contributed by atoms with Crippen LogP contribution in [0.3, 0.4) is 0 Å². The van der Waals surface area contributed by atoms with Crippen LogP contribution in [-0.2, 0) is 0 Å². The molecule has 0 aliphatic carbocycles. The fourth-order valence-corrected chi connectivity index (χ4v) is 1.86. The summed E-state index contributed by atoms with van der Waals surface area (Å²) >= 11 is 0. The third-order valence-electron chi connectivity index (χ3n) is 2.61. The lowest BCUT2D eigenvalue weighted by Gasteiger charge is -2.27. The summed E-state index contributed by atoms with van der Waals surface area (Å²) in [6.45, 7) is 1.48. The van der Waals surface area contributed by atoms with E-state index in [0.717, 1.165) is 13.0 Å². The van der Waals surface area contributed by atoms with E-state index in [2.05, 4.69) is 17.4 Å². The van der Waals surface area contributed by atoms with Gasteiger partial charge in [-0.1, -0.05) is 30.3 Å². The monoisotopic (exact) mass is 176 g/mol. The first-order valence-corrected chi connectivity index (χ1v) is 4.74. The highest BCUT2D eigenvalue weighted by atomic mass is 16.3. The maximum absolute atomic E-state index is 9.73. The van der Waals surface area contributed by atoms with E-state index in [1.165, 1.54) is 5.56 Å². The molecule has 1 saturated heterocycles. The predicted molar refractivity (Wildman–Crippen MR) is 51.7 cm³/mol. The SMILES string of the molecule is O[C@H]1C[N]CC[C@@H]1c1ccccc1. The van der Waals surface area contributed by atoms with Gasteiger partial charge in [0.1, 0.15) is 0 Å². The van der Waals surface area contributed by atoms with Crippen molar-refractivity contribution in [3.05, 3.63) is 35.9 Å². The van der Waals surface area contributed by atoms with Gasteiger partial charge in [-0.05, 0) is 12.0 Å². The van der Waals surface area contributed by atoms with Crippen molar-refractivity contribution in [2.24, 2.45) is 0 Å². The van der Waals surface area contributed by atoms with Gasteiger partial charge >= 0.3 is 0 Å². The van der Waals surface area contributed by atoms with Crippen LogP contribution in [0.4, 0.5) is 0 Å². The summed E-state index contributed by atoms with van der Waals surface area (Å²) in [5, 5.41) is 13.9. The molecule has 0 amide bonds. The highest BCUT2D eigenvalue weighted by Gasteiger charge is 2.24. The molecule has 13 heavy (non-hydrogen) atoms. The van der Waals surface area contributed by atoms with Crippen LogP contribution in [0.15, 0.2) is 30.3 Å². The quantitative estimate of drug-likeness (QED) is 0.684. The van der Waals surface area contributed by atoms with Gasteiger partial charge in [-0.15, -0.1) is 0 Å². The summed E-state index contributed by atoms with van der Waals surface area (Å²) in [6, 6.07) is 10.2. The van der Waals surface area contributed by atoms with Gasteiger partial charge in [0.15, 0.2) is 0 Å². The topological polar surface area (TPSA) is 34.3 Å². The van der Waals surface area contributed by atoms with E-state index >= 15 is 0 Å². The fraction of sp³-hybridized carbons (Fsp3) is 0.455. The van der Waals surface area contributed by atoms with Crippen molar-refractivity contribution < 1.29 is 5.11 Å². The number of piperidine rings is 1. The molecule has 1 N–H and O–H groups in total. The minimum Gasteiger partial charge on any atom is -0.391 e. The maximum atomic E-state index is 9.73. The Morgan fingerprint density at radius 3 is 2.69 bits per heavy atom. The second kappa shape index (κ2) is 3.90. The molecule has 1 aliphatic rings. The standard InChI is InChI=1S/C11H14NO/c13-11-8-12-7-6-10(11)9-4-2-1-3-5-9/h1-5,10-11,13H,6-8H2/t10-,11+/m1/s1. The molecule has 2 nitrogen and oxygen atoms in total. The first-order chi connectivity index (χ1) is 6.38. The number of rotatable bonds is 1. The molecule has 1 aliphatic heterocycles. The molecule has 0 spiro atoms. The summed E-state index contributed by atoms with van der Waals surface area (Å²) in [5.41, 5.74) is 1.24. The average Bonchev–Trinajstić information content (AvgIpc) is 2.20. The van der Waals surface area contributed by atoms with Gasteiger partial charge in [0.2, 0.25) is 0 Å². The Hall–Kier alpha value is -0.860. The third-order valence-corrected chi connectivity index (χ3v) is 2.61. The van der Waals surface area contributed by atoms with Gasteiger partial charge in [0, 0.05) is 19.0 Å². The molecule has 0 aromatic heterocycles. The Bertz CT molecular complexity index is 260. The fourth-order valence-electron chi connectivity index (χ4n) is 1.86. The summed E-state index contributed by atoms with van der Waals surface area (Å²) in [6.07, 6.45) is 0.696. The minimum absolute atomic E-state index is 0.281. The lowest BCUT2D eigenvalue weighted by Crippen LogP contribution is -2.35. The Morgan fingerprint density at radius 1 is 1.23 bits per heavy atom. The molecule has 1 heterocycles.